The fraction of sp³-hybridized carbons (Fsp3) is 0. The molecule has 0 aromatic carbocycles. The second kappa shape index (κ2) is 12.8. The Kier molecular flexibility index (Phi) is 43.2. The third kappa shape index (κ3) is 147. The van der Waals surface area contributed by atoms with Crippen LogP contribution in [-0.4, -0.2) is 78.1 Å². The van der Waals surface area contributed by atoms with E-state index in [1.165, 1.54) is 0 Å². The summed E-state index contributed by atoms with van der Waals surface area (Å²) in [5.74, 6) is 0. The van der Waals surface area contributed by atoms with Gasteiger partial charge in [-0.1, -0.05) is 0 Å². The Bertz CT molecular complexity index is 108. The summed E-state index contributed by atoms with van der Waals surface area (Å²) in [7, 11) is -5.17. The van der Waals surface area contributed by atoms with E-state index in [0.717, 1.165) is 0 Å². The van der Waals surface area contributed by atoms with Gasteiger partial charge in [0.15, 0.2) is 17.4 Å². The van der Waals surface area contributed by atoms with Crippen LogP contribution in [0, 0.1) is 0 Å². The van der Waals surface area contributed by atoms with Crippen LogP contribution in [-0.2, 0) is 27.5 Å². The zero-order valence-electron chi connectivity index (χ0n) is 5.55. The molecule has 0 saturated carbocycles. The van der Waals surface area contributed by atoms with Gasteiger partial charge in [-0.05, 0) is 0 Å². The van der Waals surface area contributed by atoms with Crippen LogP contribution in [0.4, 0.5) is 0 Å². The van der Waals surface area contributed by atoms with Gasteiger partial charge in [-0.15, -0.1) is 0 Å². The van der Waals surface area contributed by atoms with E-state index in [0.29, 0.717) is 0 Å². The SMILES string of the molecule is O=S(=O)([O-])[O-].[AlH3].[Ca+2].[Fe+3].[H-].[H-].[OH-]. The van der Waals surface area contributed by atoms with Gasteiger partial charge in [0.25, 0.3) is 0 Å². The fourth-order valence-corrected chi connectivity index (χ4v) is 0. The molecule has 0 saturated heterocycles. The summed E-state index contributed by atoms with van der Waals surface area (Å²) in [6.45, 7) is 0. The molecule has 0 amide bonds. The Morgan fingerprint density at radius 2 is 1.22 bits per heavy atom. The molecule has 5 nitrogen and oxygen atoms in total. The van der Waals surface area contributed by atoms with Crippen LogP contribution in [0.25, 0.3) is 0 Å². The second-order valence-electron chi connectivity index (χ2n) is 0.408. The fourth-order valence-electron chi connectivity index (χ4n) is 0. The van der Waals surface area contributed by atoms with Crippen molar-refractivity contribution in [2.75, 3.05) is 0 Å². The van der Waals surface area contributed by atoms with Gasteiger partial charge in [0, 0.05) is 10.4 Å². The van der Waals surface area contributed by atoms with Crippen LogP contribution < -0.4 is 0 Å². The van der Waals surface area contributed by atoms with Gasteiger partial charge >= 0.3 is 54.8 Å². The minimum absolute atomic E-state index is 0. The van der Waals surface area contributed by atoms with Crippen LogP contribution >= 0.6 is 0 Å². The summed E-state index contributed by atoms with van der Waals surface area (Å²) < 4.78 is 34.1. The maximum absolute atomic E-state index is 8.52. The van der Waals surface area contributed by atoms with Gasteiger partial charge in [-0.25, -0.2) is 0 Å². The van der Waals surface area contributed by atoms with E-state index < -0.39 is 10.4 Å². The molecule has 0 aromatic rings. The average molecular weight is 241 g/mol. The molecule has 0 heterocycles. The zero-order chi connectivity index (χ0) is 4.50. The molecule has 0 rings (SSSR count). The Hall–Kier alpha value is 2.14. The Labute approximate surface area is 107 Å². The summed E-state index contributed by atoms with van der Waals surface area (Å²) in [5.41, 5.74) is 0. The van der Waals surface area contributed by atoms with Crippen molar-refractivity contribution in [1.82, 2.24) is 0 Å². The van der Waals surface area contributed by atoms with Crippen LogP contribution in [0.1, 0.15) is 2.85 Å². The van der Waals surface area contributed by atoms with Gasteiger partial charge < -0.3 is 17.4 Å². The van der Waals surface area contributed by atoms with Crippen LogP contribution in [0.2, 0.25) is 0 Å². The summed E-state index contributed by atoms with van der Waals surface area (Å²) in [6.07, 6.45) is 0. The first-order valence-corrected chi connectivity index (χ1v) is 2.00. The van der Waals surface area contributed by atoms with E-state index >= 15 is 0 Å². The van der Waals surface area contributed by atoms with Crippen molar-refractivity contribution in [3.8, 4) is 0 Å². The third-order valence-electron chi connectivity index (χ3n) is 0. The molecule has 0 aliphatic carbocycles. The molecule has 9 heavy (non-hydrogen) atoms. The number of hydrogen-bond donors (Lipinski definition) is 0. The van der Waals surface area contributed by atoms with Gasteiger partial charge in [0.05, 0.1) is 0 Å². The van der Waals surface area contributed by atoms with Crippen molar-refractivity contribution >= 4 is 65.5 Å². The van der Waals surface area contributed by atoms with E-state index in [4.69, 9.17) is 17.5 Å². The molecule has 0 bridgehead atoms. The van der Waals surface area contributed by atoms with Crippen molar-refractivity contribution in [2.45, 2.75) is 0 Å². The topological polar surface area (TPSA) is 110 Å². The molecule has 0 fully saturated rings. The first kappa shape index (κ1) is 30.4. The minimum atomic E-state index is -5.17. The number of hydrogen-bond acceptors (Lipinski definition) is 5. The summed E-state index contributed by atoms with van der Waals surface area (Å²) in [6, 6.07) is 0. The van der Waals surface area contributed by atoms with Crippen molar-refractivity contribution < 1.29 is 42.9 Å². The maximum Gasteiger partial charge on any atom is 3.00 e. The molecule has 0 aliphatic rings. The first-order valence-electron chi connectivity index (χ1n) is 0.667. The van der Waals surface area contributed by atoms with Gasteiger partial charge in [0.2, 0.25) is 0 Å². The maximum atomic E-state index is 8.52. The molecule has 0 unspecified atom stereocenters. The van der Waals surface area contributed by atoms with Gasteiger partial charge in [-0.2, -0.15) is 0 Å². The molecule has 0 aliphatic heterocycles. The van der Waals surface area contributed by atoms with Crippen molar-refractivity contribution in [2.24, 2.45) is 0 Å². The van der Waals surface area contributed by atoms with Crippen LogP contribution in [0.3, 0.4) is 0 Å². The summed E-state index contributed by atoms with van der Waals surface area (Å²) >= 11 is 0. The minimum Gasteiger partial charge on any atom is -1.00 e. The largest absolute Gasteiger partial charge is 3.00 e. The molecular formula is H6AlCaFeO5S. The molecule has 0 aromatic heterocycles. The number of rotatable bonds is 0. The van der Waals surface area contributed by atoms with E-state index in [-0.39, 0.29) is 80.5 Å². The molecule has 9 heteroatoms. The normalized spacial score (nSPS) is 6.44. The first-order chi connectivity index (χ1) is 2.00. The van der Waals surface area contributed by atoms with E-state index in [2.05, 4.69) is 0 Å². The predicted octanol–water partition coefficient (Wildman–Crippen LogP) is -2.86. The van der Waals surface area contributed by atoms with E-state index in [1.807, 2.05) is 0 Å². The Balaban J connectivity index is -0.00000000533. The Morgan fingerprint density at radius 1 is 1.22 bits per heavy atom. The monoisotopic (exact) mass is 241 g/mol. The third-order valence-corrected chi connectivity index (χ3v) is 0. The summed E-state index contributed by atoms with van der Waals surface area (Å²) in [4.78, 5) is 0. The molecule has 1 radical (unpaired) electrons. The molecule has 0 atom stereocenters. The molecule has 1 N–H and O–H groups in total. The quantitative estimate of drug-likeness (QED) is 0.257. The van der Waals surface area contributed by atoms with Crippen molar-refractivity contribution in [3.63, 3.8) is 0 Å². The summed E-state index contributed by atoms with van der Waals surface area (Å²) in [5, 5.41) is 0. The van der Waals surface area contributed by atoms with E-state index in [1.54, 1.807) is 0 Å². The standard InChI is InChI=1S/Al.Ca.Fe.H2O4S.H2O.5H/c;;;1-5(2,3)4;;;;;;/h;;;(H2,1,2,3,4);1H2;;;;;/q;+2;+3;;;;;;2*-1/p-3. The van der Waals surface area contributed by atoms with Gasteiger partial charge in [0.1, 0.15) is 0 Å². The second-order valence-corrected chi connectivity index (χ2v) is 1.22. The predicted molar refractivity (Wildman–Crippen MR) is 30.3 cm³/mol. The average Bonchev–Trinajstić information content (AvgIpc) is 0.722. The van der Waals surface area contributed by atoms with Crippen molar-refractivity contribution in [1.29, 1.82) is 0 Å². The van der Waals surface area contributed by atoms with E-state index in [9.17, 15) is 0 Å². The zero-order valence-corrected chi connectivity index (χ0v) is 7.68. The molecule has 55 valence electrons. The molecule has 0 spiro atoms. The van der Waals surface area contributed by atoms with Crippen LogP contribution in [0.5, 0.6) is 0 Å². The Morgan fingerprint density at radius 3 is 1.22 bits per heavy atom. The van der Waals surface area contributed by atoms with Crippen LogP contribution in [0.15, 0.2) is 0 Å². The van der Waals surface area contributed by atoms with Gasteiger partial charge in [-0.3, -0.25) is 8.42 Å². The smallest absolute Gasteiger partial charge is 1.00 e. The van der Waals surface area contributed by atoms with Crippen molar-refractivity contribution in [3.05, 3.63) is 0 Å². The molecular weight excluding hydrogens is 235 g/mol.